The Hall–Kier alpha value is -1.85. The van der Waals surface area contributed by atoms with Crippen LogP contribution in [0.3, 0.4) is 0 Å². The number of nitrogens with one attached hydrogen (secondary N) is 2. The molecule has 1 heterocycles. The highest BCUT2D eigenvalue weighted by molar-refractivity contribution is 5.92. The van der Waals surface area contributed by atoms with E-state index in [1.165, 1.54) is 0 Å². The van der Waals surface area contributed by atoms with Gasteiger partial charge < -0.3 is 10.4 Å². The number of H-pyrrole nitrogens is 1. The first-order valence-electron chi connectivity index (χ1n) is 5.07. The summed E-state index contributed by atoms with van der Waals surface area (Å²) in [6.45, 7) is 3.61. The minimum absolute atomic E-state index is 0.0777. The normalized spacial score (nSPS) is 12.1. The lowest BCUT2D eigenvalue weighted by Crippen LogP contribution is -2.36. The number of rotatable bonds is 5. The van der Waals surface area contributed by atoms with E-state index in [1.807, 2.05) is 6.92 Å². The molecule has 88 valence electrons. The highest BCUT2D eigenvalue weighted by Crippen LogP contribution is 2.02. The summed E-state index contributed by atoms with van der Waals surface area (Å²) in [5.74, 6) is -1.28. The Morgan fingerprint density at radius 2 is 2.31 bits per heavy atom. The summed E-state index contributed by atoms with van der Waals surface area (Å²) < 4.78 is 0. The van der Waals surface area contributed by atoms with Crippen LogP contribution in [-0.2, 0) is 4.79 Å². The molecule has 6 heteroatoms. The van der Waals surface area contributed by atoms with E-state index >= 15 is 0 Å². The molecule has 16 heavy (non-hydrogen) atoms. The minimum atomic E-state index is -0.926. The Bertz CT molecular complexity index is 386. The van der Waals surface area contributed by atoms with E-state index < -0.39 is 5.97 Å². The van der Waals surface area contributed by atoms with Crippen molar-refractivity contribution in [2.24, 2.45) is 0 Å². The maximum absolute atomic E-state index is 11.6. The molecule has 0 aliphatic heterocycles. The summed E-state index contributed by atoms with van der Waals surface area (Å²) in [6.07, 6.45) is 0.493. The summed E-state index contributed by atoms with van der Waals surface area (Å²) in [6, 6.07) is 1.25. The zero-order valence-corrected chi connectivity index (χ0v) is 9.28. The molecule has 6 nitrogen and oxygen atoms in total. The summed E-state index contributed by atoms with van der Waals surface area (Å²) in [7, 11) is 0. The fourth-order valence-corrected chi connectivity index (χ4v) is 1.30. The van der Waals surface area contributed by atoms with Crippen LogP contribution in [0.4, 0.5) is 0 Å². The number of aryl methyl sites for hydroxylation is 1. The summed E-state index contributed by atoms with van der Waals surface area (Å²) in [5, 5.41) is 17.7. The lowest BCUT2D eigenvalue weighted by Gasteiger charge is -2.13. The summed E-state index contributed by atoms with van der Waals surface area (Å²) in [4.78, 5) is 22.1. The number of amides is 1. The van der Waals surface area contributed by atoms with E-state index in [0.717, 1.165) is 5.69 Å². The van der Waals surface area contributed by atoms with Crippen LogP contribution in [0.5, 0.6) is 0 Å². The van der Waals surface area contributed by atoms with Gasteiger partial charge in [-0.05, 0) is 19.4 Å². The third-order valence-corrected chi connectivity index (χ3v) is 2.19. The van der Waals surface area contributed by atoms with E-state index in [1.54, 1.807) is 13.0 Å². The SMILES string of the molecule is CCC(CC(=O)O)NC(=O)c1cc(C)[nH]n1. The maximum Gasteiger partial charge on any atom is 0.305 e. The Morgan fingerprint density at radius 3 is 2.75 bits per heavy atom. The van der Waals surface area contributed by atoms with Crippen molar-refractivity contribution in [1.82, 2.24) is 15.5 Å². The number of aromatic amines is 1. The van der Waals surface area contributed by atoms with Gasteiger partial charge in [0, 0.05) is 11.7 Å². The fraction of sp³-hybridized carbons (Fsp3) is 0.500. The van der Waals surface area contributed by atoms with Crippen LogP contribution >= 0.6 is 0 Å². The van der Waals surface area contributed by atoms with Crippen molar-refractivity contribution in [3.05, 3.63) is 17.5 Å². The molecular weight excluding hydrogens is 210 g/mol. The van der Waals surface area contributed by atoms with Crippen LogP contribution in [0.15, 0.2) is 6.07 Å². The first-order valence-corrected chi connectivity index (χ1v) is 5.07. The van der Waals surface area contributed by atoms with E-state index in [2.05, 4.69) is 15.5 Å². The number of hydrogen-bond donors (Lipinski definition) is 3. The third-order valence-electron chi connectivity index (χ3n) is 2.19. The predicted octanol–water partition coefficient (Wildman–Crippen LogP) is 0.701. The molecule has 0 saturated heterocycles. The monoisotopic (exact) mass is 225 g/mol. The van der Waals surface area contributed by atoms with Crippen molar-refractivity contribution in [2.75, 3.05) is 0 Å². The Morgan fingerprint density at radius 1 is 1.62 bits per heavy atom. The fourth-order valence-electron chi connectivity index (χ4n) is 1.30. The highest BCUT2D eigenvalue weighted by Gasteiger charge is 2.16. The van der Waals surface area contributed by atoms with Crippen molar-refractivity contribution >= 4 is 11.9 Å². The van der Waals surface area contributed by atoms with Gasteiger partial charge in [-0.2, -0.15) is 5.10 Å². The van der Waals surface area contributed by atoms with Gasteiger partial charge in [0.25, 0.3) is 5.91 Å². The minimum Gasteiger partial charge on any atom is -0.481 e. The molecule has 0 saturated carbocycles. The first-order chi connectivity index (χ1) is 7.52. The van der Waals surface area contributed by atoms with Crippen molar-refractivity contribution in [2.45, 2.75) is 32.7 Å². The van der Waals surface area contributed by atoms with Gasteiger partial charge in [0.1, 0.15) is 5.69 Å². The number of carboxylic acids is 1. The van der Waals surface area contributed by atoms with E-state index in [4.69, 9.17) is 5.11 Å². The lowest BCUT2D eigenvalue weighted by molar-refractivity contribution is -0.137. The van der Waals surface area contributed by atoms with Crippen LogP contribution < -0.4 is 5.32 Å². The topological polar surface area (TPSA) is 95.1 Å². The van der Waals surface area contributed by atoms with Gasteiger partial charge >= 0.3 is 5.97 Å². The average molecular weight is 225 g/mol. The Kier molecular flexibility index (Phi) is 4.04. The van der Waals surface area contributed by atoms with Gasteiger partial charge in [-0.1, -0.05) is 6.92 Å². The van der Waals surface area contributed by atoms with Crippen molar-refractivity contribution in [3.8, 4) is 0 Å². The molecule has 1 aromatic rings. The van der Waals surface area contributed by atoms with Gasteiger partial charge in [0.05, 0.1) is 6.42 Å². The smallest absolute Gasteiger partial charge is 0.305 e. The number of carboxylic acid groups (broad SMARTS) is 1. The number of hydrogen-bond acceptors (Lipinski definition) is 3. The molecular formula is C10H15N3O3. The van der Waals surface area contributed by atoms with Crippen LogP contribution in [0, 0.1) is 6.92 Å². The molecule has 1 aromatic heterocycles. The van der Waals surface area contributed by atoms with Crippen molar-refractivity contribution < 1.29 is 14.7 Å². The van der Waals surface area contributed by atoms with E-state index in [-0.39, 0.29) is 24.1 Å². The molecule has 0 bridgehead atoms. The molecule has 0 aliphatic carbocycles. The van der Waals surface area contributed by atoms with Gasteiger partial charge in [0.2, 0.25) is 0 Å². The second-order valence-corrected chi connectivity index (χ2v) is 3.61. The molecule has 0 fully saturated rings. The highest BCUT2D eigenvalue weighted by atomic mass is 16.4. The molecule has 1 unspecified atom stereocenters. The number of carbonyl (C=O) groups is 2. The van der Waals surface area contributed by atoms with Crippen LogP contribution in [0.25, 0.3) is 0 Å². The largest absolute Gasteiger partial charge is 0.481 e. The molecule has 0 spiro atoms. The number of aromatic nitrogens is 2. The average Bonchev–Trinajstić information content (AvgIpc) is 2.63. The van der Waals surface area contributed by atoms with Crippen molar-refractivity contribution in [1.29, 1.82) is 0 Å². The zero-order valence-electron chi connectivity index (χ0n) is 9.28. The van der Waals surface area contributed by atoms with E-state index in [9.17, 15) is 9.59 Å². The van der Waals surface area contributed by atoms with Gasteiger partial charge in [-0.25, -0.2) is 0 Å². The molecule has 0 aliphatic rings. The van der Waals surface area contributed by atoms with Gasteiger partial charge in [-0.15, -0.1) is 0 Å². The number of nitrogens with zero attached hydrogens (tertiary/aromatic N) is 1. The molecule has 1 atom stereocenters. The standard InChI is InChI=1S/C10H15N3O3/c1-3-7(5-9(14)15)11-10(16)8-4-6(2)12-13-8/h4,7H,3,5H2,1-2H3,(H,11,16)(H,12,13)(H,14,15). The Labute approximate surface area is 93.1 Å². The van der Waals surface area contributed by atoms with Gasteiger partial charge in [0.15, 0.2) is 0 Å². The second kappa shape index (κ2) is 5.29. The quantitative estimate of drug-likeness (QED) is 0.687. The van der Waals surface area contributed by atoms with Crippen LogP contribution in [0.2, 0.25) is 0 Å². The van der Waals surface area contributed by atoms with Crippen LogP contribution in [-0.4, -0.2) is 33.2 Å². The molecule has 1 rings (SSSR count). The number of carbonyl (C=O) groups excluding carboxylic acids is 1. The maximum atomic E-state index is 11.6. The summed E-state index contributed by atoms with van der Waals surface area (Å²) >= 11 is 0. The zero-order chi connectivity index (χ0) is 12.1. The molecule has 0 aromatic carbocycles. The lowest BCUT2D eigenvalue weighted by atomic mass is 10.1. The van der Waals surface area contributed by atoms with Gasteiger partial charge in [-0.3, -0.25) is 14.7 Å². The third kappa shape index (κ3) is 3.38. The molecule has 0 radical (unpaired) electrons. The second-order valence-electron chi connectivity index (χ2n) is 3.61. The predicted molar refractivity (Wildman–Crippen MR) is 57.1 cm³/mol. The van der Waals surface area contributed by atoms with E-state index in [0.29, 0.717) is 6.42 Å². The van der Waals surface area contributed by atoms with Crippen molar-refractivity contribution in [3.63, 3.8) is 0 Å². The van der Waals surface area contributed by atoms with Crippen LogP contribution in [0.1, 0.15) is 35.9 Å². The number of aliphatic carboxylic acids is 1. The molecule has 1 amide bonds. The Balaban J connectivity index is 2.58. The molecule has 3 N–H and O–H groups in total. The summed E-state index contributed by atoms with van der Waals surface area (Å²) in [5.41, 5.74) is 1.07. The first kappa shape index (κ1) is 12.2.